The summed E-state index contributed by atoms with van der Waals surface area (Å²) in [5.41, 5.74) is 5.06. The van der Waals surface area contributed by atoms with Crippen LogP contribution >= 0.6 is 11.3 Å². The van der Waals surface area contributed by atoms with Gasteiger partial charge in [0.05, 0.1) is 10.1 Å². The van der Waals surface area contributed by atoms with Gasteiger partial charge in [0.2, 0.25) is 0 Å². The fourth-order valence-electron chi connectivity index (χ4n) is 3.44. The van der Waals surface area contributed by atoms with E-state index in [0.717, 1.165) is 0 Å². The fourth-order valence-corrected chi connectivity index (χ4v) is 4.58. The Balaban J connectivity index is 2.32. The van der Waals surface area contributed by atoms with E-state index < -0.39 is 0 Å². The van der Waals surface area contributed by atoms with Crippen molar-refractivity contribution in [2.75, 3.05) is 0 Å². The lowest BCUT2D eigenvalue weighted by molar-refractivity contribution is -0.586. The average Bonchev–Trinajstić information content (AvgIpc) is 2.91. The second-order valence-electron chi connectivity index (χ2n) is 5.62. The zero-order valence-corrected chi connectivity index (χ0v) is 12.7. The van der Waals surface area contributed by atoms with Gasteiger partial charge in [-0.25, -0.2) is 0 Å². The number of benzene rings is 1. The smallest absolute Gasteiger partial charge is 0.133 e. The predicted octanol–water partition coefficient (Wildman–Crippen LogP) is 3.99. The lowest BCUT2D eigenvalue weighted by atomic mass is 10.1. The molecular formula is C17H14N3S+. The molecule has 0 radical (unpaired) electrons. The number of aryl methyl sites for hydroxylation is 2. The minimum Gasteiger partial charge on any atom is -0.133 e. The molecule has 0 aliphatic rings. The van der Waals surface area contributed by atoms with Crippen LogP contribution in [0.25, 0.3) is 31.2 Å². The van der Waals surface area contributed by atoms with Gasteiger partial charge in [-0.15, -0.1) is 20.4 Å². The van der Waals surface area contributed by atoms with Gasteiger partial charge >= 0.3 is 0 Å². The monoisotopic (exact) mass is 292 g/mol. The third-order valence-corrected chi connectivity index (χ3v) is 5.39. The van der Waals surface area contributed by atoms with Crippen LogP contribution in [0.5, 0.6) is 0 Å². The van der Waals surface area contributed by atoms with Crippen molar-refractivity contribution < 1.29 is 4.52 Å². The zero-order chi connectivity index (χ0) is 14.1. The number of aromatic nitrogens is 3. The van der Waals surface area contributed by atoms with Gasteiger partial charge in [-0.2, -0.15) is 0 Å². The molecule has 0 unspecified atom stereocenters. The lowest BCUT2D eigenvalue weighted by Gasteiger charge is -1.92. The van der Waals surface area contributed by atoms with E-state index in [-0.39, 0.29) is 0 Å². The van der Waals surface area contributed by atoms with Crippen molar-refractivity contribution in [3.63, 3.8) is 0 Å². The van der Waals surface area contributed by atoms with Gasteiger partial charge in [0.25, 0.3) is 0 Å². The number of H-pyrrole nitrogens is 1. The second kappa shape index (κ2) is 3.65. The number of pyridine rings is 1. The SMILES string of the molecule is Cc1cc(C)n2[nH][n+]3cccc4sc5cccc(c5c43)c12. The molecule has 4 heterocycles. The summed E-state index contributed by atoms with van der Waals surface area (Å²) in [5.74, 6) is 0. The van der Waals surface area contributed by atoms with Crippen molar-refractivity contribution in [1.29, 1.82) is 0 Å². The summed E-state index contributed by atoms with van der Waals surface area (Å²) in [4.78, 5) is 0. The summed E-state index contributed by atoms with van der Waals surface area (Å²) in [6, 6.07) is 13.1. The highest BCUT2D eigenvalue weighted by Gasteiger charge is 2.19. The van der Waals surface area contributed by atoms with Crippen molar-refractivity contribution in [1.82, 2.24) is 9.73 Å². The average molecular weight is 292 g/mol. The minimum atomic E-state index is 1.22. The summed E-state index contributed by atoms with van der Waals surface area (Å²) in [7, 11) is 0. The topological polar surface area (TPSA) is 24.3 Å². The first-order valence-electron chi connectivity index (χ1n) is 7.06. The van der Waals surface area contributed by atoms with Crippen molar-refractivity contribution in [3.8, 4) is 0 Å². The number of aromatic amines is 1. The van der Waals surface area contributed by atoms with Crippen molar-refractivity contribution in [2.45, 2.75) is 13.8 Å². The predicted molar refractivity (Wildman–Crippen MR) is 87.3 cm³/mol. The van der Waals surface area contributed by atoms with Crippen LogP contribution in [-0.4, -0.2) is 9.73 Å². The maximum atomic E-state index is 3.53. The van der Waals surface area contributed by atoms with E-state index in [9.17, 15) is 0 Å². The Morgan fingerprint density at radius 2 is 1.95 bits per heavy atom. The Hall–Kier alpha value is -2.33. The molecule has 0 atom stereocenters. The van der Waals surface area contributed by atoms with Crippen LogP contribution in [0.3, 0.4) is 0 Å². The molecule has 3 nitrogen and oxygen atoms in total. The molecule has 0 bridgehead atoms. The fraction of sp³-hybridized carbons (Fsp3) is 0.118. The van der Waals surface area contributed by atoms with Crippen LogP contribution in [0.1, 0.15) is 11.3 Å². The summed E-state index contributed by atoms with van der Waals surface area (Å²) >= 11 is 1.86. The number of nitrogens with one attached hydrogen (secondary N) is 1. The molecule has 1 aromatic carbocycles. The highest BCUT2D eigenvalue weighted by molar-refractivity contribution is 7.25. The lowest BCUT2D eigenvalue weighted by Crippen LogP contribution is -2.26. The maximum absolute atomic E-state index is 3.53. The van der Waals surface area contributed by atoms with Crippen LogP contribution in [-0.2, 0) is 0 Å². The van der Waals surface area contributed by atoms with E-state index in [1.54, 1.807) is 0 Å². The maximum Gasteiger partial charge on any atom is 0.179 e. The number of thiophene rings is 1. The molecule has 0 aliphatic carbocycles. The number of fused-ring (bicyclic) bond motifs is 2. The Morgan fingerprint density at radius 3 is 2.86 bits per heavy atom. The molecule has 1 N–H and O–H groups in total. The minimum absolute atomic E-state index is 1.22. The van der Waals surface area contributed by atoms with E-state index in [0.29, 0.717) is 0 Å². The van der Waals surface area contributed by atoms with Crippen LogP contribution in [0.2, 0.25) is 0 Å². The molecule has 0 spiro atoms. The van der Waals surface area contributed by atoms with Crippen LogP contribution in [0.4, 0.5) is 0 Å². The molecule has 5 aromatic rings. The Bertz CT molecular complexity index is 1160. The third-order valence-electron chi connectivity index (χ3n) is 4.28. The Labute approximate surface area is 125 Å². The van der Waals surface area contributed by atoms with Gasteiger partial charge in [-0.3, -0.25) is 0 Å². The second-order valence-corrected chi connectivity index (χ2v) is 6.71. The molecular weight excluding hydrogens is 278 g/mol. The van der Waals surface area contributed by atoms with E-state index in [1.807, 2.05) is 11.3 Å². The number of rotatable bonds is 0. The molecule has 4 heteroatoms. The number of hydrogen-bond acceptors (Lipinski definition) is 1. The van der Waals surface area contributed by atoms with Crippen LogP contribution < -0.4 is 4.52 Å². The van der Waals surface area contributed by atoms with Crippen LogP contribution in [0, 0.1) is 13.8 Å². The van der Waals surface area contributed by atoms with Gasteiger partial charge in [-0.1, -0.05) is 11.3 Å². The molecule has 0 fully saturated rings. The van der Waals surface area contributed by atoms with Gasteiger partial charge in [0.1, 0.15) is 11.9 Å². The quantitative estimate of drug-likeness (QED) is 0.417. The van der Waals surface area contributed by atoms with Crippen LogP contribution in [0.15, 0.2) is 42.6 Å². The molecule has 102 valence electrons. The molecule has 21 heavy (non-hydrogen) atoms. The molecule has 0 amide bonds. The first-order chi connectivity index (χ1) is 10.2. The third kappa shape index (κ3) is 1.30. The Kier molecular flexibility index (Phi) is 1.97. The molecule has 0 saturated heterocycles. The number of nitrogens with zero attached hydrogens (tertiary/aromatic N) is 2. The standard InChI is InChI=1S/C17H14N3S/c1-10-9-11(2)20-16(10)12-5-3-6-13-15(12)17-14(21-13)7-4-8-19(17)18-20/h3-9,18H,1-2H3/q+1. The molecule has 5 rings (SSSR count). The van der Waals surface area contributed by atoms with E-state index in [2.05, 4.69) is 70.7 Å². The first kappa shape index (κ1) is 11.3. The van der Waals surface area contributed by atoms with E-state index >= 15 is 0 Å². The molecule has 0 saturated carbocycles. The molecule has 4 aromatic heterocycles. The van der Waals surface area contributed by atoms with Gasteiger partial charge < -0.3 is 0 Å². The van der Waals surface area contributed by atoms with Gasteiger partial charge in [-0.05, 0) is 37.3 Å². The Morgan fingerprint density at radius 1 is 1.10 bits per heavy atom. The highest BCUT2D eigenvalue weighted by atomic mass is 32.1. The summed E-state index contributed by atoms with van der Waals surface area (Å²) in [6.07, 6.45) is 2.09. The highest BCUT2D eigenvalue weighted by Crippen LogP contribution is 2.36. The normalized spacial score (nSPS) is 12.3. The van der Waals surface area contributed by atoms with Crippen molar-refractivity contribution in [3.05, 3.63) is 53.9 Å². The van der Waals surface area contributed by atoms with Crippen molar-refractivity contribution >= 4 is 42.5 Å². The number of hydrogen-bond donors (Lipinski definition) is 1. The summed E-state index contributed by atoms with van der Waals surface area (Å²) in [6.45, 7) is 4.33. The largest absolute Gasteiger partial charge is 0.179 e. The van der Waals surface area contributed by atoms with E-state index in [1.165, 1.54) is 42.5 Å². The van der Waals surface area contributed by atoms with E-state index in [4.69, 9.17) is 0 Å². The zero-order valence-electron chi connectivity index (χ0n) is 11.8. The summed E-state index contributed by atoms with van der Waals surface area (Å²) < 4.78 is 6.99. The summed E-state index contributed by atoms with van der Waals surface area (Å²) in [5, 5.41) is 6.20. The van der Waals surface area contributed by atoms with Gasteiger partial charge in [0.15, 0.2) is 11.0 Å². The molecule has 0 aliphatic heterocycles. The first-order valence-corrected chi connectivity index (χ1v) is 7.88. The van der Waals surface area contributed by atoms with Gasteiger partial charge in [0, 0.05) is 22.6 Å². The van der Waals surface area contributed by atoms with Crippen molar-refractivity contribution in [2.24, 2.45) is 0 Å².